The number of amides is 1. The number of rotatable bonds is 5. The van der Waals surface area contributed by atoms with Gasteiger partial charge in [0.05, 0.1) is 5.56 Å². The molecule has 1 heterocycles. The molecule has 0 aromatic heterocycles. The summed E-state index contributed by atoms with van der Waals surface area (Å²) in [6, 6.07) is 6.40. The highest BCUT2D eigenvalue weighted by Crippen LogP contribution is 2.33. The number of carbonyl (C=O) groups excluding carboxylic acids is 1. The van der Waals surface area contributed by atoms with Crippen LogP contribution in [0.15, 0.2) is 30.3 Å². The molecule has 2 atom stereocenters. The second kappa shape index (κ2) is 8.93. The average Bonchev–Trinajstić information content (AvgIpc) is 2.68. The van der Waals surface area contributed by atoms with Crippen LogP contribution in [0.5, 0.6) is 5.75 Å². The highest BCUT2D eigenvalue weighted by Gasteiger charge is 2.42. The lowest BCUT2D eigenvalue weighted by atomic mass is 9.89. The Balaban J connectivity index is 1.74. The number of benzene rings is 2. The van der Waals surface area contributed by atoms with Crippen LogP contribution >= 0.6 is 23.2 Å². The van der Waals surface area contributed by atoms with Crippen LogP contribution in [0.25, 0.3) is 0 Å². The van der Waals surface area contributed by atoms with Crippen LogP contribution < -0.4 is 15.0 Å². The highest BCUT2D eigenvalue weighted by molar-refractivity contribution is 6.31. The van der Waals surface area contributed by atoms with Gasteiger partial charge in [-0.05, 0) is 36.8 Å². The van der Waals surface area contributed by atoms with Gasteiger partial charge in [-0.1, -0.05) is 23.2 Å². The number of ether oxygens (including phenoxy) is 1. The summed E-state index contributed by atoms with van der Waals surface area (Å²) in [5.41, 5.74) is -1.83. The molecule has 1 aliphatic heterocycles. The van der Waals surface area contributed by atoms with Gasteiger partial charge in [0, 0.05) is 30.2 Å². The van der Waals surface area contributed by atoms with Crippen molar-refractivity contribution in [1.29, 1.82) is 0 Å². The van der Waals surface area contributed by atoms with Crippen molar-refractivity contribution in [3.63, 3.8) is 0 Å². The molecule has 162 valence electrons. The van der Waals surface area contributed by atoms with Crippen LogP contribution in [-0.4, -0.2) is 54.6 Å². The molecular formula is C20H20Cl2F2N2O4. The molecule has 0 saturated carbocycles. The number of β-amino-alcohol motifs (C(OH)–C–C–N with tert-alkyl or cyclic N) is 1. The molecule has 2 aromatic rings. The smallest absolute Gasteiger partial charge is 0.254 e. The topological polar surface area (TPSA) is 82.0 Å². The fourth-order valence-electron chi connectivity index (χ4n) is 3.32. The van der Waals surface area contributed by atoms with E-state index in [-0.39, 0.29) is 48.1 Å². The number of hydrogen-bond donors (Lipinski definition) is 3. The first-order valence-corrected chi connectivity index (χ1v) is 9.84. The monoisotopic (exact) mass is 460 g/mol. The van der Waals surface area contributed by atoms with Crippen molar-refractivity contribution in [3.8, 4) is 5.75 Å². The van der Waals surface area contributed by atoms with Crippen molar-refractivity contribution in [2.75, 3.05) is 31.6 Å². The van der Waals surface area contributed by atoms with Gasteiger partial charge in [0.15, 0.2) is 11.6 Å². The van der Waals surface area contributed by atoms with Crippen LogP contribution in [0, 0.1) is 11.6 Å². The Labute approximate surface area is 182 Å². The Hall–Kier alpha value is -2.13. The molecule has 1 fully saturated rings. The maximum absolute atomic E-state index is 14.2. The van der Waals surface area contributed by atoms with Gasteiger partial charge in [-0.25, -0.2) is 8.78 Å². The van der Waals surface area contributed by atoms with Crippen molar-refractivity contribution < 1.29 is 28.5 Å². The summed E-state index contributed by atoms with van der Waals surface area (Å²) >= 11 is 11.6. The molecule has 0 radical (unpaired) electrons. The fourth-order valence-corrected chi connectivity index (χ4v) is 3.68. The number of halogens is 4. The van der Waals surface area contributed by atoms with E-state index in [0.29, 0.717) is 5.02 Å². The molecule has 0 unspecified atom stereocenters. The molecule has 0 aliphatic carbocycles. The number of nitrogens with one attached hydrogen (secondary N) is 1. The quantitative estimate of drug-likeness (QED) is 0.638. The van der Waals surface area contributed by atoms with E-state index < -0.39 is 29.2 Å². The first-order chi connectivity index (χ1) is 14.1. The van der Waals surface area contributed by atoms with Gasteiger partial charge < -0.3 is 25.2 Å². The Kier molecular flexibility index (Phi) is 6.71. The summed E-state index contributed by atoms with van der Waals surface area (Å²) < 4.78 is 34.0. The van der Waals surface area contributed by atoms with Crippen LogP contribution in [0.1, 0.15) is 16.8 Å². The van der Waals surface area contributed by atoms with E-state index >= 15 is 0 Å². The number of hydrogen-bond acceptors (Lipinski definition) is 5. The molecule has 1 saturated heterocycles. The number of aliphatic hydroxyl groups excluding tert-OH is 1. The Morgan fingerprint density at radius 2 is 1.93 bits per heavy atom. The van der Waals surface area contributed by atoms with Gasteiger partial charge >= 0.3 is 0 Å². The zero-order valence-corrected chi connectivity index (χ0v) is 17.5. The third-order valence-corrected chi connectivity index (χ3v) is 5.47. The molecule has 3 N–H and O–H groups in total. The number of anilines is 1. The van der Waals surface area contributed by atoms with E-state index in [9.17, 15) is 23.8 Å². The van der Waals surface area contributed by atoms with Crippen molar-refractivity contribution >= 4 is 34.8 Å². The van der Waals surface area contributed by atoms with E-state index in [1.165, 1.54) is 30.1 Å². The zero-order valence-electron chi connectivity index (χ0n) is 16.0. The Bertz CT molecular complexity index is 939. The molecule has 10 heteroatoms. The molecule has 6 nitrogen and oxygen atoms in total. The van der Waals surface area contributed by atoms with E-state index in [2.05, 4.69) is 5.32 Å². The van der Waals surface area contributed by atoms with E-state index in [4.69, 9.17) is 27.9 Å². The van der Waals surface area contributed by atoms with Crippen LogP contribution in [0.2, 0.25) is 10.0 Å². The third-order valence-electron chi connectivity index (χ3n) is 5.02. The van der Waals surface area contributed by atoms with Gasteiger partial charge in [0.25, 0.3) is 5.91 Å². The second-order valence-electron chi connectivity index (χ2n) is 7.04. The first-order valence-electron chi connectivity index (χ1n) is 9.09. The predicted octanol–water partition coefficient (Wildman–Crippen LogP) is 3.01. The molecule has 0 bridgehead atoms. The molecule has 2 aromatic carbocycles. The Morgan fingerprint density at radius 3 is 2.53 bits per heavy atom. The normalized spacial score (nSPS) is 21.4. The fraction of sp³-hybridized carbons (Fsp3) is 0.350. The predicted molar refractivity (Wildman–Crippen MR) is 109 cm³/mol. The largest absolute Gasteiger partial charge is 0.490 e. The summed E-state index contributed by atoms with van der Waals surface area (Å²) in [7, 11) is 1.45. The zero-order chi connectivity index (χ0) is 22.1. The third kappa shape index (κ3) is 4.62. The molecule has 1 amide bonds. The van der Waals surface area contributed by atoms with Crippen molar-refractivity contribution in [2.45, 2.75) is 18.1 Å². The van der Waals surface area contributed by atoms with Gasteiger partial charge in [0.2, 0.25) is 0 Å². The van der Waals surface area contributed by atoms with Gasteiger partial charge in [0.1, 0.15) is 29.7 Å². The van der Waals surface area contributed by atoms with Gasteiger partial charge in [-0.3, -0.25) is 4.79 Å². The molecule has 0 spiro atoms. The van der Waals surface area contributed by atoms with Crippen LogP contribution in [-0.2, 0) is 0 Å². The summed E-state index contributed by atoms with van der Waals surface area (Å²) in [5, 5.41) is 24.1. The minimum Gasteiger partial charge on any atom is -0.490 e. The summed E-state index contributed by atoms with van der Waals surface area (Å²) in [4.78, 5) is 13.3. The highest BCUT2D eigenvalue weighted by atomic mass is 35.5. The first kappa shape index (κ1) is 22.6. The molecular weight excluding hydrogens is 441 g/mol. The lowest BCUT2D eigenvalue weighted by Gasteiger charge is -2.42. The summed E-state index contributed by atoms with van der Waals surface area (Å²) in [6.07, 6.45) is -1.39. The van der Waals surface area contributed by atoms with Crippen LogP contribution in [0.3, 0.4) is 0 Å². The minimum absolute atomic E-state index is 0.0292. The summed E-state index contributed by atoms with van der Waals surface area (Å²) in [5.74, 6) is -1.96. The SMILES string of the molecule is CNC(=O)c1cc(Cl)ccc1OC[C@]1(O)CCN(c2c(F)cc(Cl)cc2F)C[C@H]1O. The Morgan fingerprint density at radius 1 is 1.27 bits per heavy atom. The number of nitrogens with zero attached hydrogens (tertiary/aromatic N) is 1. The number of piperidine rings is 1. The number of aliphatic hydroxyl groups is 2. The maximum atomic E-state index is 14.2. The van der Waals surface area contributed by atoms with E-state index in [1.54, 1.807) is 0 Å². The minimum atomic E-state index is -1.69. The average molecular weight is 461 g/mol. The van der Waals surface area contributed by atoms with Gasteiger partial charge in [-0.2, -0.15) is 0 Å². The molecule has 30 heavy (non-hydrogen) atoms. The standard InChI is InChI=1S/C20H20Cl2F2N2O4/c1-25-19(28)13-6-11(21)2-3-16(13)30-10-20(29)4-5-26(9-17(20)27)18-14(23)7-12(22)8-15(18)24/h2-3,6-8,17,27,29H,4-5,9-10H2,1H3,(H,25,28)/t17-,20-/m1/s1. The van der Waals surface area contributed by atoms with E-state index in [1.807, 2.05) is 0 Å². The number of carbonyl (C=O) groups is 1. The lowest BCUT2D eigenvalue weighted by molar-refractivity contribution is -0.109. The van der Waals surface area contributed by atoms with E-state index in [0.717, 1.165) is 12.1 Å². The van der Waals surface area contributed by atoms with Crippen molar-refractivity contribution in [2.24, 2.45) is 0 Å². The van der Waals surface area contributed by atoms with Crippen molar-refractivity contribution in [1.82, 2.24) is 5.32 Å². The van der Waals surface area contributed by atoms with Gasteiger partial charge in [-0.15, -0.1) is 0 Å². The lowest BCUT2D eigenvalue weighted by Crippen LogP contribution is -2.58. The van der Waals surface area contributed by atoms with Crippen molar-refractivity contribution in [3.05, 3.63) is 57.6 Å². The second-order valence-corrected chi connectivity index (χ2v) is 7.91. The molecule has 1 aliphatic rings. The summed E-state index contributed by atoms with van der Waals surface area (Å²) in [6.45, 7) is -0.493. The van der Waals surface area contributed by atoms with Crippen LogP contribution in [0.4, 0.5) is 14.5 Å². The molecule has 3 rings (SSSR count). The maximum Gasteiger partial charge on any atom is 0.254 e.